The molecule has 1 unspecified atom stereocenters. The van der Waals surface area contributed by atoms with Gasteiger partial charge in [-0.3, -0.25) is 9.10 Å². The molecule has 0 spiro atoms. The lowest BCUT2D eigenvalue weighted by Gasteiger charge is -2.25. The number of amides is 1. The molecule has 33 heavy (non-hydrogen) atoms. The molecule has 2 rings (SSSR count). The van der Waals surface area contributed by atoms with E-state index in [0.29, 0.717) is 29.6 Å². The summed E-state index contributed by atoms with van der Waals surface area (Å²) in [7, 11) is -1.11. The smallest absolute Gasteiger partial charge is 0.264 e. The number of methoxy groups -OCH3 is 2. The monoisotopic (exact) mass is 476 g/mol. The number of hydrogen-bond donors (Lipinski definition) is 1. The Morgan fingerprint density at radius 1 is 1.03 bits per heavy atom. The van der Waals surface area contributed by atoms with Gasteiger partial charge in [-0.05, 0) is 43.5 Å². The number of hydrogen-bond acceptors (Lipinski definition) is 5. The maximum atomic E-state index is 13.6. The van der Waals surface area contributed by atoms with E-state index < -0.39 is 10.0 Å². The van der Waals surface area contributed by atoms with Gasteiger partial charge in [0.2, 0.25) is 5.91 Å². The van der Waals surface area contributed by atoms with Crippen molar-refractivity contribution in [3.63, 3.8) is 0 Å². The molecule has 2 aromatic rings. The Morgan fingerprint density at radius 3 is 2.27 bits per heavy atom. The van der Waals surface area contributed by atoms with E-state index in [2.05, 4.69) is 19.2 Å². The van der Waals surface area contributed by atoms with E-state index in [1.807, 2.05) is 19.1 Å². The third-order valence-corrected chi connectivity index (χ3v) is 7.45. The molecular formula is C25H36N2O5S. The molecule has 2 aromatic carbocycles. The molecule has 1 N–H and O–H groups in total. The summed E-state index contributed by atoms with van der Waals surface area (Å²) in [4.78, 5) is 12.8. The topological polar surface area (TPSA) is 84.9 Å². The molecule has 0 aromatic heterocycles. The molecule has 0 radical (unpaired) electrons. The first-order valence-electron chi connectivity index (χ1n) is 11.3. The van der Waals surface area contributed by atoms with Crippen LogP contribution in [-0.4, -0.2) is 41.6 Å². The Morgan fingerprint density at radius 2 is 1.70 bits per heavy atom. The second-order valence-corrected chi connectivity index (χ2v) is 9.95. The van der Waals surface area contributed by atoms with Crippen LogP contribution in [0.1, 0.15) is 45.1 Å². The predicted molar refractivity (Wildman–Crippen MR) is 132 cm³/mol. The van der Waals surface area contributed by atoms with Gasteiger partial charge in [-0.25, -0.2) is 8.42 Å². The Hall–Kier alpha value is -2.74. The number of rotatable bonds is 13. The number of ether oxygens (including phenoxy) is 2. The molecule has 182 valence electrons. The van der Waals surface area contributed by atoms with Crippen LogP contribution in [0.25, 0.3) is 0 Å². The van der Waals surface area contributed by atoms with E-state index in [-0.39, 0.29) is 17.3 Å². The fourth-order valence-corrected chi connectivity index (χ4v) is 4.96. The first-order valence-corrected chi connectivity index (χ1v) is 12.8. The summed E-state index contributed by atoms with van der Waals surface area (Å²) in [5.74, 6) is 0.765. The highest BCUT2D eigenvalue weighted by Crippen LogP contribution is 2.32. The van der Waals surface area contributed by atoms with Crippen molar-refractivity contribution < 1.29 is 22.7 Å². The van der Waals surface area contributed by atoms with E-state index in [0.717, 1.165) is 35.6 Å². The highest BCUT2D eigenvalue weighted by atomic mass is 32.2. The number of benzene rings is 2. The summed E-state index contributed by atoms with van der Waals surface area (Å²) < 4.78 is 38.8. The Labute approximate surface area is 198 Å². The Kier molecular flexibility index (Phi) is 10.0. The van der Waals surface area contributed by atoms with Gasteiger partial charge in [0.1, 0.15) is 6.54 Å². The molecule has 1 atom stereocenters. The van der Waals surface area contributed by atoms with Crippen molar-refractivity contribution in [2.75, 3.05) is 31.6 Å². The maximum absolute atomic E-state index is 13.6. The molecule has 0 saturated heterocycles. The summed E-state index contributed by atoms with van der Waals surface area (Å²) >= 11 is 0. The fraction of sp³-hybridized carbons (Fsp3) is 0.480. The summed E-state index contributed by atoms with van der Waals surface area (Å²) in [6.45, 7) is 6.39. The SMILES string of the molecule is CCCCC(CC)CNC(=O)CN(c1ccc(C)cc1)S(=O)(=O)c1ccc(OC)c(OC)c1. The van der Waals surface area contributed by atoms with Crippen LogP contribution in [0.4, 0.5) is 5.69 Å². The van der Waals surface area contributed by atoms with Crippen LogP contribution in [0.15, 0.2) is 47.4 Å². The molecule has 0 heterocycles. The second-order valence-electron chi connectivity index (χ2n) is 8.08. The normalized spacial score (nSPS) is 12.2. The molecule has 0 aliphatic rings. The standard InChI is InChI=1S/C25H36N2O5S/c1-6-8-9-20(7-2)17-26-25(28)18-27(21-12-10-19(3)11-13-21)33(29,30)22-14-15-23(31-4)24(16-22)32-5/h10-16,20H,6-9,17-18H2,1-5H3,(H,26,28). The molecule has 8 heteroatoms. The average molecular weight is 477 g/mol. The van der Waals surface area contributed by atoms with Gasteiger partial charge in [0, 0.05) is 12.6 Å². The van der Waals surface area contributed by atoms with Gasteiger partial charge in [-0.2, -0.15) is 0 Å². The minimum Gasteiger partial charge on any atom is -0.493 e. The lowest BCUT2D eigenvalue weighted by Crippen LogP contribution is -2.42. The van der Waals surface area contributed by atoms with E-state index in [4.69, 9.17) is 9.47 Å². The van der Waals surface area contributed by atoms with Gasteiger partial charge in [0.05, 0.1) is 24.8 Å². The maximum Gasteiger partial charge on any atom is 0.264 e. The summed E-state index contributed by atoms with van der Waals surface area (Å²) in [6, 6.07) is 11.5. The van der Waals surface area contributed by atoms with Crippen LogP contribution in [-0.2, 0) is 14.8 Å². The highest BCUT2D eigenvalue weighted by Gasteiger charge is 2.28. The van der Waals surface area contributed by atoms with E-state index in [9.17, 15) is 13.2 Å². The van der Waals surface area contributed by atoms with Crippen molar-refractivity contribution in [2.45, 2.75) is 51.3 Å². The Balaban J connectivity index is 2.32. The van der Waals surface area contributed by atoms with Crippen molar-refractivity contribution in [3.8, 4) is 11.5 Å². The lowest BCUT2D eigenvalue weighted by atomic mass is 9.99. The van der Waals surface area contributed by atoms with Gasteiger partial charge in [0.15, 0.2) is 11.5 Å². The number of unbranched alkanes of at least 4 members (excludes halogenated alkanes) is 1. The lowest BCUT2D eigenvalue weighted by molar-refractivity contribution is -0.119. The van der Waals surface area contributed by atoms with E-state index >= 15 is 0 Å². The van der Waals surface area contributed by atoms with Gasteiger partial charge < -0.3 is 14.8 Å². The van der Waals surface area contributed by atoms with E-state index in [1.54, 1.807) is 18.2 Å². The number of nitrogens with zero attached hydrogens (tertiary/aromatic N) is 1. The number of anilines is 1. The predicted octanol–water partition coefficient (Wildman–Crippen LogP) is 4.54. The van der Waals surface area contributed by atoms with Gasteiger partial charge in [0.25, 0.3) is 10.0 Å². The van der Waals surface area contributed by atoms with Crippen molar-refractivity contribution in [3.05, 3.63) is 48.0 Å². The zero-order valence-corrected chi connectivity index (χ0v) is 21.1. The van der Waals surface area contributed by atoms with Crippen LogP contribution >= 0.6 is 0 Å². The minimum absolute atomic E-state index is 0.0166. The van der Waals surface area contributed by atoms with Crippen molar-refractivity contribution in [1.82, 2.24) is 5.32 Å². The van der Waals surface area contributed by atoms with Crippen LogP contribution in [0.3, 0.4) is 0 Å². The molecule has 1 amide bonds. The number of aryl methyl sites for hydroxylation is 1. The molecular weight excluding hydrogens is 440 g/mol. The zero-order valence-electron chi connectivity index (χ0n) is 20.3. The third-order valence-electron chi connectivity index (χ3n) is 5.68. The van der Waals surface area contributed by atoms with Crippen molar-refractivity contribution in [2.24, 2.45) is 5.92 Å². The quantitative estimate of drug-likeness (QED) is 0.459. The summed E-state index contributed by atoms with van der Waals surface area (Å²) in [5.41, 5.74) is 1.41. The van der Waals surface area contributed by atoms with Gasteiger partial charge in [-0.15, -0.1) is 0 Å². The summed E-state index contributed by atoms with van der Waals surface area (Å²) in [5, 5.41) is 2.93. The summed E-state index contributed by atoms with van der Waals surface area (Å²) in [6.07, 6.45) is 4.22. The minimum atomic E-state index is -4.04. The number of sulfonamides is 1. The number of carbonyl (C=O) groups excluding carboxylic acids is 1. The third kappa shape index (κ3) is 7.12. The van der Waals surface area contributed by atoms with Crippen molar-refractivity contribution >= 4 is 21.6 Å². The van der Waals surface area contributed by atoms with Crippen LogP contribution in [0, 0.1) is 12.8 Å². The zero-order chi connectivity index (χ0) is 24.4. The number of carbonyl (C=O) groups is 1. The molecule has 0 fully saturated rings. The largest absolute Gasteiger partial charge is 0.493 e. The van der Waals surface area contributed by atoms with Gasteiger partial charge in [-0.1, -0.05) is 50.8 Å². The van der Waals surface area contributed by atoms with Crippen LogP contribution < -0.4 is 19.1 Å². The van der Waals surface area contributed by atoms with Gasteiger partial charge >= 0.3 is 0 Å². The molecule has 0 aliphatic heterocycles. The fourth-order valence-electron chi connectivity index (χ4n) is 3.52. The first kappa shape index (κ1) is 26.5. The Bertz CT molecular complexity index is 1010. The van der Waals surface area contributed by atoms with Crippen molar-refractivity contribution in [1.29, 1.82) is 0 Å². The number of nitrogens with one attached hydrogen (secondary N) is 1. The average Bonchev–Trinajstić information content (AvgIpc) is 2.82. The second kappa shape index (κ2) is 12.5. The molecule has 0 bridgehead atoms. The van der Waals surface area contributed by atoms with Crippen LogP contribution in [0.2, 0.25) is 0 Å². The molecule has 0 aliphatic carbocycles. The van der Waals surface area contributed by atoms with Crippen LogP contribution in [0.5, 0.6) is 11.5 Å². The molecule has 7 nitrogen and oxygen atoms in total. The molecule has 0 saturated carbocycles. The van der Waals surface area contributed by atoms with E-state index in [1.165, 1.54) is 26.4 Å². The first-order chi connectivity index (χ1) is 15.8. The highest BCUT2D eigenvalue weighted by molar-refractivity contribution is 7.92.